The van der Waals surface area contributed by atoms with Gasteiger partial charge in [0.25, 0.3) is 0 Å². The van der Waals surface area contributed by atoms with Crippen LogP contribution in [0.15, 0.2) is 126 Å². The van der Waals surface area contributed by atoms with E-state index >= 15 is 0 Å². The highest BCUT2D eigenvalue weighted by Crippen LogP contribution is 2.25. The van der Waals surface area contributed by atoms with Crippen LogP contribution in [0.25, 0.3) is 0 Å². The van der Waals surface area contributed by atoms with E-state index in [0.717, 1.165) is 50.9 Å². The molecule has 8 nitrogen and oxygen atoms in total. The van der Waals surface area contributed by atoms with Crippen LogP contribution < -0.4 is 22.1 Å². The predicted molar refractivity (Wildman–Crippen MR) is 210 cm³/mol. The molecular weight excluding hydrogens is 606 g/mol. The van der Waals surface area contributed by atoms with Crippen molar-refractivity contribution in [2.24, 2.45) is 22.4 Å². The SMILES string of the molecule is C=C(/N=C(N)\C(=C\N)NC)NC1=CC=C(N2CCOCC2)CC=C1.CC.CCC(C)CCCN(C)CC(c1ccccc1)c1ccccc1. The van der Waals surface area contributed by atoms with Gasteiger partial charge in [-0.15, -0.1) is 0 Å². The summed E-state index contributed by atoms with van der Waals surface area (Å²) >= 11 is 0. The minimum Gasteiger partial charge on any atom is -0.403 e. The van der Waals surface area contributed by atoms with Crippen LogP contribution in [0.4, 0.5) is 0 Å². The number of ether oxygens (including phenoxy) is 1. The Morgan fingerprint density at radius 2 is 1.65 bits per heavy atom. The largest absolute Gasteiger partial charge is 0.403 e. The van der Waals surface area contributed by atoms with Crippen molar-refractivity contribution in [1.29, 1.82) is 0 Å². The third-order valence-corrected chi connectivity index (χ3v) is 8.58. The molecule has 1 saturated heterocycles. The Kier molecular flexibility index (Phi) is 20.0. The molecule has 0 saturated carbocycles. The highest BCUT2D eigenvalue weighted by molar-refractivity contribution is 5.96. The molecule has 2 aromatic rings. The number of aliphatic imine (C=N–C) groups is 1. The van der Waals surface area contributed by atoms with Crippen molar-refractivity contribution in [1.82, 2.24) is 20.4 Å². The lowest BCUT2D eigenvalue weighted by Gasteiger charge is -2.30. The topological polar surface area (TPSA) is 104 Å². The number of benzene rings is 2. The molecule has 1 aliphatic heterocycles. The molecule has 1 heterocycles. The molecule has 0 radical (unpaired) electrons. The molecule has 49 heavy (non-hydrogen) atoms. The van der Waals surface area contributed by atoms with Crippen LogP contribution in [-0.4, -0.2) is 69.1 Å². The smallest absolute Gasteiger partial charge is 0.150 e. The Labute approximate surface area is 297 Å². The minimum atomic E-state index is 0.278. The lowest BCUT2D eigenvalue weighted by atomic mass is 9.91. The van der Waals surface area contributed by atoms with E-state index in [2.05, 4.69) is 126 Å². The summed E-state index contributed by atoms with van der Waals surface area (Å²) in [5, 5.41) is 6.02. The Hall–Kier alpha value is -4.27. The normalized spacial score (nSPS) is 15.6. The standard InChI is InChI=1S/C22H31N.C17H26N6O.C2H6/c1-4-19(2)12-11-17-23(3)18-22(20-13-7-5-8-14-20)21-15-9-6-10-16-21;1-13(22-17(19)16(12-18)20-2)21-14-4-3-5-15(7-6-14)23-8-10-24-11-9-23;1-2/h5-10,13-16,19,22H,4,11-12,17-18H2,1-3H3;3-4,6-7,12,20-21H,1,5,8-11,18H2,2H3,(H2,19,22);1-2H3/b;16-12-;. The molecule has 1 fully saturated rings. The summed E-state index contributed by atoms with van der Waals surface area (Å²) in [6.45, 7) is 18.2. The molecule has 1 aliphatic carbocycles. The van der Waals surface area contributed by atoms with Crippen LogP contribution in [0.2, 0.25) is 0 Å². The van der Waals surface area contributed by atoms with Gasteiger partial charge in [-0.2, -0.15) is 0 Å². The molecule has 8 heteroatoms. The Balaban J connectivity index is 0.000000324. The van der Waals surface area contributed by atoms with Crippen molar-refractivity contribution < 1.29 is 4.74 Å². The fourth-order valence-corrected chi connectivity index (χ4v) is 5.57. The second kappa shape index (κ2) is 24.0. The van der Waals surface area contributed by atoms with Gasteiger partial charge in [0.1, 0.15) is 5.82 Å². The van der Waals surface area contributed by atoms with Gasteiger partial charge >= 0.3 is 0 Å². The first-order chi connectivity index (χ1) is 23.8. The van der Waals surface area contributed by atoms with Crippen molar-refractivity contribution in [3.8, 4) is 0 Å². The van der Waals surface area contributed by atoms with E-state index in [1.54, 1.807) is 7.05 Å². The summed E-state index contributed by atoms with van der Waals surface area (Å²) < 4.78 is 5.40. The molecule has 2 aliphatic rings. The number of nitrogens with two attached hydrogens (primary N) is 2. The third-order valence-electron chi connectivity index (χ3n) is 8.58. The average molecular weight is 670 g/mol. The fourth-order valence-electron chi connectivity index (χ4n) is 5.57. The van der Waals surface area contributed by atoms with E-state index in [4.69, 9.17) is 16.2 Å². The van der Waals surface area contributed by atoms with Crippen LogP contribution in [0.1, 0.15) is 70.4 Å². The molecule has 1 atom stereocenters. The first kappa shape index (κ1) is 40.9. The molecule has 0 bridgehead atoms. The molecule has 1 unspecified atom stereocenters. The molecule has 0 spiro atoms. The third kappa shape index (κ3) is 15.2. The number of nitrogens with zero attached hydrogens (tertiary/aromatic N) is 3. The van der Waals surface area contributed by atoms with Crippen molar-refractivity contribution in [2.45, 2.75) is 59.3 Å². The van der Waals surface area contributed by atoms with Gasteiger partial charge in [-0.05, 0) is 61.7 Å². The van der Waals surface area contributed by atoms with Gasteiger partial charge in [0.05, 0.1) is 18.9 Å². The maximum atomic E-state index is 5.87. The number of hydrogen-bond donors (Lipinski definition) is 4. The number of hydrogen-bond acceptors (Lipinski definition) is 7. The second-order valence-electron chi connectivity index (χ2n) is 12.2. The molecule has 0 amide bonds. The minimum absolute atomic E-state index is 0.278. The van der Waals surface area contributed by atoms with Gasteiger partial charge in [0.2, 0.25) is 0 Å². The van der Waals surface area contributed by atoms with Gasteiger partial charge in [-0.1, -0.05) is 107 Å². The highest BCUT2D eigenvalue weighted by atomic mass is 16.5. The maximum Gasteiger partial charge on any atom is 0.150 e. The maximum absolute atomic E-state index is 5.87. The van der Waals surface area contributed by atoms with E-state index < -0.39 is 0 Å². The first-order valence-corrected chi connectivity index (χ1v) is 17.9. The van der Waals surface area contributed by atoms with Gasteiger partial charge in [-0.25, -0.2) is 4.99 Å². The van der Waals surface area contributed by atoms with Gasteiger partial charge < -0.3 is 36.6 Å². The second-order valence-corrected chi connectivity index (χ2v) is 12.2. The van der Waals surface area contributed by atoms with E-state index in [1.807, 2.05) is 26.0 Å². The quantitative estimate of drug-likeness (QED) is 0.119. The number of rotatable bonds is 15. The Morgan fingerprint density at radius 1 is 1.04 bits per heavy atom. The monoisotopic (exact) mass is 670 g/mol. The van der Waals surface area contributed by atoms with Crippen molar-refractivity contribution in [3.05, 3.63) is 132 Å². The van der Waals surface area contributed by atoms with Gasteiger partial charge in [0, 0.05) is 56.6 Å². The fraction of sp³-hybridized carbons (Fsp3) is 0.439. The molecule has 4 rings (SSSR count). The summed E-state index contributed by atoms with van der Waals surface area (Å²) in [6, 6.07) is 21.8. The molecule has 2 aromatic carbocycles. The summed E-state index contributed by atoms with van der Waals surface area (Å²) in [7, 11) is 3.99. The van der Waals surface area contributed by atoms with Gasteiger partial charge in [0.15, 0.2) is 5.84 Å². The number of amidine groups is 1. The Morgan fingerprint density at radius 3 is 2.20 bits per heavy atom. The van der Waals surface area contributed by atoms with Crippen LogP contribution in [0.5, 0.6) is 0 Å². The summed E-state index contributed by atoms with van der Waals surface area (Å²) in [5.74, 6) is 2.02. The summed E-state index contributed by atoms with van der Waals surface area (Å²) in [5.41, 5.74) is 16.9. The molecule has 6 N–H and O–H groups in total. The van der Waals surface area contributed by atoms with Crippen LogP contribution in [0.3, 0.4) is 0 Å². The predicted octanol–water partition coefficient (Wildman–Crippen LogP) is 7.09. The highest BCUT2D eigenvalue weighted by Gasteiger charge is 2.16. The molecule has 268 valence electrons. The Bertz CT molecular complexity index is 1320. The summed E-state index contributed by atoms with van der Waals surface area (Å²) in [6.07, 6.45) is 14.4. The van der Waals surface area contributed by atoms with Crippen molar-refractivity contribution in [2.75, 3.05) is 53.5 Å². The number of nitrogens with one attached hydrogen (secondary N) is 2. The van der Waals surface area contributed by atoms with Crippen molar-refractivity contribution in [3.63, 3.8) is 0 Å². The lowest BCUT2D eigenvalue weighted by molar-refractivity contribution is 0.0528. The zero-order valence-corrected chi connectivity index (χ0v) is 31.0. The number of allylic oxidation sites excluding steroid dienone is 4. The van der Waals surface area contributed by atoms with Crippen molar-refractivity contribution >= 4 is 5.84 Å². The number of morpholine rings is 1. The van der Waals surface area contributed by atoms with Crippen LogP contribution in [0, 0.1) is 5.92 Å². The van der Waals surface area contributed by atoms with E-state index in [0.29, 0.717) is 17.4 Å². The van der Waals surface area contributed by atoms with Crippen LogP contribution >= 0.6 is 0 Å². The van der Waals surface area contributed by atoms with Crippen LogP contribution in [-0.2, 0) is 4.74 Å². The number of likely N-dealkylation sites (N-methyl/N-ethyl adjacent to an activating group) is 2. The zero-order valence-electron chi connectivity index (χ0n) is 31.0. The summed E-state index contributed by atoms with van der Waals surface area (Å²) in [4.78, 5) is 9.05. The van der Waals surface area contributed by atoms with E-state index in [1.165, 1.54) is 48.8 Å². The van der Waals surface area contributed by atoms with E-state index in [-0.39, 0.29) is 5.84 Å². The van der Waals surface area contributed by atoms with Gasteiger partial charge in [-0.3, -0.25) is 0 Å². The average Bonchev–Trinajstić information content (AvgIpc) is 3.38. The zero-order chi connectivity index (χ0) is 35.9. The first-order valence-electron chi connectivity index (χ1n) is 17.9. The van der Waals surface area contributed by atoms with E-state index in [9.17, 15) is 0 Å². The molecule has 0 aromatic heterocycles. The lowest BCUT2D eigenvalue weighted by Crippen LogP contribution is -2.35. The molecular formula is C41H63N7O.